The standard InChI is InChI=1S/C20H24N6O4/c1-2-30-19(28)17(10-15-4-3-9-22-11-15)26-18(27)13-23-20(29)25-16-7-5-14(6-8-16)12-24-21/h3-9,11-12,17H,2,10,13,21H2,1H3,(H,26,27)(H2,23,25,29). The molecule has 2 aromatic rings. The third-order valence-electron chi connectivity index (χ3n) is 3.87. The van der Waals surface area contributed by atoms with E-state index in [2.05, 4.69) is 26.0 Å². The molecule has 0 spiro atoms. The molecule has 1 atom stereocenters. The largest absolute Gasteiger partial charge is 0.464 e. The number of anilines is 1. The number of aromatic nitrogens is 1. The van der Waals surface area contributed by atoms with E-state index in [1.165, 1.54) is 6.21 Å². The van der Waals surface area contributed by atoms with Crippen LogP contribution in [-0.2, 0) is 20.7 Å². The number of urea groups is 1. The lowest BCUT2D eigenvalue weighted by atomic mass is 10.1. The lowest BCUT2D eigenvalue weighted by molar-refractivity contribution is -0.147. The first-order valence-corrected chi connectivity index (χ1v) is 9.25. The number of nitrogens with two attached hydrogens (primary N) is 1. The van der Waals surface area contributed by atoms with Crippen LogP contribution in [-0.4, -0.2) is 48.3 Å². The summed E-state index contributed by atoms with van der Waals surface area (Å²) in [5, 5.41) is 11.0. The van der Waals surface area contributed by atoms with E-state index in [0.717, 1.165) is 11.1 Å². The number of amides is 3. The van der Waals surface area contributed by atoms with Crippen LogP contribution in [0.1, 0.15) is 18.1 Å². The first-order chi connectivity index (χ1) is 14.5. The number of hydrazone groups is 1. The molecule has 1 aromatic heterocycles. The molecular weight excluding hydrogens is 388 g/mol. The summed E-state index contributed by atoms with van der Waals surface area (Å²) in [7, 11) is 0. The molecule has 1 heterocycles. The van der Waals surface area contributed by atoms with E-state index >= 15 is 0 Å². The number of pyridine rings is 1. The zero-order chi connectivity index (χ0) is 21.8. The highest BCUT2D eigenvalue weighted by atomic mass is 16.5. The second-order valence-corrected chi connectivity index (χ2v) is 6.15. The van der Waals surface area contributed by atoms with E-state index in [1.54, 1.807) is 55.7 Å². The Balaban J connectivity index is 1.86. The number of hydrogen-bond donors (Lipinski definition) is 4. The highest BCUT2D eigenvalue weighted by molar-refractivity contribution is 5.93. The quantitative estimate of drug-likeness (QED) is 0.207. The SMILES string of the molecule is CCOC(=O)C(Cc1cccnc1)NC(=O)CNC(=O)Nc1ccc(C=NN)cc1. The summed E-state index contributed by atoms with van der Waals surface area (Å²) < 4.78 is 5.02. The molecule has 10 heteroatoms. The van der Waals surface area contributed by atoms with Gasteiger partial charge in [0.2, 0.25) is 5.91 Å². The van der Waals surface area contributed by atoms with E-state index in [1.807, 2.05) is 0 Å². The number of hydrogen-bond acceptors (Lipinski definition) is 7. The molecular formula is C20H24N6O4. The molecule has 2 rings (SSSR count). The van der Waals surface area contributed by atoms with Crippen molar-refractivity contribution < 1.29 is 19.1 Å². The van der Waals surface area contributed by atoms with Gasteiger partial charge in [0, 0.05) is 24.5 Å². The van der Waals surface area contributed by atoms with Gasteiger partial charge in [0.1, 0.15) is 6.04 Å². The average molecular weight is 412 g/mol. The topological polar surface area (TPSA) is 148 Å². The van der Waals surface area contributed by atoms with Gasteiger partial charge in [-0.3, -0.25) is 9.78 Å². The Bertz CT molecular complexity index is 871. The third kappa shape index (κ3) is 7.58. The van der Waals surface area contributed by atoms with Crippen LogP contribution < -0.4 is 21.8 Å². The lowest BCUT2D eigenvalue weighted by Gasteiger charge is -2.17. The number of nitrogens with zero attached hydrogens (tertiary/aromatic N) is 2. The van der Waals surface area contributed by atoms with Gasteiger partial charge in [-0.2, -0.15) is 5.10 Å². The van der Waals surface area contributed by atoms with Gasteiger partial charge in [-0.25, -0.2) is 9.59 Å². The number of nitrogens with one attached hydrogen (secondary N) is 3. The van der Waals surface area contributed by atoms with Gasteiger partial charge < -0.3 is 26.5 Å². The second kappa shape index (κ2) is 11.8. The normalized spacial score (nSPS) is 11.5. The number of carbonyl (C=O) groups excluding carboxylic acids is 3. The molecule has 0 aliphatic carbocycles. The van der Waals surface area contributed by atoms with Crippen LogP contribution in [0.25, 0.3) is 0 Å². The van der Waals surface area contributed by atoms with E-state index < -0.39 is 23.9 Å². The van der Waals surface area contributed by atoms with E-state index in [0.29, 0.717) is 5.69 Å². The molecule has 0 fully saturated rings. The van der Waals surface area contributed by atoms with Crippen LogP contribution in [0.15, 0.2) is 53.9 Å². The Morgan fingerprint density at radius 3 is 2.63 bits per heavy atom. The highest BCUT2D eigenvalue weighted by Gasteiger charge is 2.22. The van der Waals surface area contributed by atoms with Crippen LogP contribution >= 0.6 is 0 Å². The summed E-state index contributed by atoms with van der Waals surface area (Å²) in [5.41, 5.74) is 2.08. The van der Waals surface area contributed by atoms with Crippen molar-refractivity contribution in [3.63, 3.8) is 0 Å². The Hall–Kier alpha value is -3.95. The molecule has 1 unspecified atom stereocenters. The van der Waals surface area contributed by atoms with Crippen molar-refractivity contribution in [2.45, 2.75) is 19.4 Å². The third-order valence-corrected chi connectivity index (χ3v) is 3.87. The van der Waals surface area contributed by atoms with Crippen molar-refractivity contribution in [1.29, 1.82) is 0 Å². The Kier molecular flexibility index (Phi) is 8.78. The Labute approximate surface area is 173 Å². The lowest BCUT2D eigenvalue weighted by Crippen LogP contribution is -2.47. The molecule has 1 aromatic carbocycles. The number of ether oxygens (including phenoxy) is 1. The molecule has 0 aliphatic rings. The summed E-state index contributed by atoms with van der Waals surface area (Å²) in [6.07, 6.45) is 4.92. The summed E-state index contributed by atoms with van der Waals surface area (Å²) in [5.74, 6) is 4.00. The average Bonchev–Trinajstić information content (AvgIpc) is 2.74. The summed E-state index contributed by atoms with van der Waals surface area (Å²) in [4.78, 5) is 40.4. The first kappa shape index (κ1) is 22.3. The Morgan fingerprint density at radius 1 is 1.23 bits per heavy atom. The zero-order valence-electron chi connectivity index (χ0n) is 16.5. The molecule has 30 heavy (non-hydrogen) atoms. The zero-order valence-corrected chi connectivity index (χ0v) is 16.5. The fraction of sp³-hybridized carbons (Fsp3) is 0.250. The van der Waals surface area contributed by atoms with Crippen molar-refractivity contribution >= 4 is 29.8 Å². The van der Waals surface area contributed by atoms with Gasteiger partial charge >= 0.3 is 12.0 Å². The number of carbonyl (C=O) groups is 3. The number of benzene rings is 1. The van der Waals surface area contributed by atoms with Gasteiger partial charge in [-0.15, -0.1) is 0 Å². The summed E-state index contributed by atoms with van der Waals surface area (Å²) in [6.45, 7) is 1.56. The van der Waals surface area contributed by atoms with Crippen molar-refractivity contribution in [3.8, 4) is 0 Å². The van der Waals surface area contributed by atoms with Crippen LogP contribution in [0, 0.1) is 0 Å². The minimum absolute atomic E-state index is 0.189. The molecule has 0 aliphatic heterocycles. The molecule has 0 bridgehead atoms. The predicted octanol–water partition coefficient (Wildman–Crippen LogP) is 0.786. The molecule has 0 radical (unpaired) electrons. The van der Waals surface area contributed by atoms with Gasteiger partial charge in [0.15, 0.2) is 0 Å². The van der Waals surface area contributed by atoms with Gasteiger partial charge in [0.25, 0.3) is 0 Å². The van der Waals surface area contributed by atoms with Gasteiger partial charge in [-0.1, -0.05) is 18.2 Å². The maximum absolute atomic E-state index is 12.2. The van der Waals surface area contributed by atoms with Crippen molar-refractivity contribution in [2.24, 2.45) is 10.9 Å². The smallest absolute Gasteiger partial charge is 0.328 e. The molecule has 5 N–H and O–H groups in total. The van der Waals surface area contributed by atoms with E-state index in [9.17, 15) is 14.4 Å². The van der Waals surface area contributed by atoms with Gasteiger partial charge in [0.05, 0.1) is 19.4 Å². The van der Waals surface area contributed by atoms with Crippen LogP contribution in [0.2, 0.25) is 0 Å². The van der Waals surface area contributed by atoms with E-state index in [-0.39, 0.29) is 19.6 Å². The number of esters is 1. The fourth-order valence-electron chi connectivity index (χ4n) is 2.51. The summed E-state index contributed by atoms with van der Waals surface area (Å²) >= 11 is 0. The number of rotatable bonds is 9. The molecule has 0 saturated carbocycles. The molecule has 0 saturated heterocycles. The maximum Gasteiger partial charge on any atom is 0.328 e. The van der Waals surface area contributed by atoms with E-state index in [4.69, 9.17) is 10.6 Å². The van der Waals surface area contributed by atoms with Crippen molar-refractivity contribution in [1.82, 2.24) is 15.6 Å². The Morgan fingerprint density at radius 2 is 2.00 bits per heavy atom. The molecule has 10 nitrogen and oxygen atoms in total. The maximum atomic E-state index is 12.2. The van der Waals surface area contributed by atoms with Gasteiger partial charge in [-0.05, 0) is 36.2 Å². The van der Waals surface area contributed by atoms with Crippen LogP contribution in [0.5, 0.6) is 0 Å². The molecule has 3 amide bonds. The van der Waals surface area contributed by atoms with Crippen molar-refractivity contribution in [2.75, 3.05) is 18.5 Å². The minimum atomic E-state index is -0.886. The minimum Gasteiger partial charge on any atom is -0.464 e. The second-order valence-electron chi connectivity index (χ2n) is 6.15. The van der Waals surface area contributed by atoms with Crippen molar-refractivity contribution in [3.05, 3.63) is 59.9 Å². The highest BCUT2D eigenvalue weighted by Crippen LogP contribution is 2.08. The predicted molar refractivity (Wildman–Crippen MR) is 112 cm³/mol. The van der Waals surface area contributed by atoms with Crippen LogP contribution in [0.4, 0.5) is 10.5 Å². The first-order valence-electron chi connectivity index (χ1n) is 9.25. The van der Waals surface area contributed by atoms with Crippen LogP contribution in [0.3, 0.4) is 0 Å². The summed E-state index contributed by atoms with van der Waals surface area (Å²) in [6, 6.07) is 8.86. The monoisotopic (exact) mass is 412 g/mol. The fourth-order valence-corrected chi connectivity index (χ4v) is 2.51. The molecule has 158 valence electrons.